The highest BCUT2D eigenvalue weighted by Crippen LogP contribution is 2.25. The molecule has 0 atom stereocenters. The lowest BCUT2D eigenvalue weighted by molar-refractivity contribution is -0.0560. The van der Waals surface area contributed by atoms with Gasteiger partial charge in [0.1, 0.15) is 0 Å². The minimum atomic E-state index is -0.137. The van der Waals surface area contributed by atoms with Crippen LogP contribution in [0.4, 0.5) is 0 Å². The van der Waals surface area contributed by atoms with Gasteiger partial charge < -0.3 is 4.74 Å². The van der Waals surface area contributed by atoms with Crippen molar-refractivity contribution in [2.45, 2.75) is 57.7 Å². The fourth-order valence-corrected chi connectivity index (χ4v) is 1.66. The van der Waals surface area contributed by atoms with Gasteiger partial charge in [-0.05, 0) is 26.7 Å². The number of ether oxygens (including phenoxy) is 1. The SMILES string of the molecule is C=CC(C)(C)OC1CCCCC1. The first kappa shape index (κ1) is 9.79. The van der Waals surface area contributed by atoms with Gasteiger partial charge in [0, 0.05) is 0 Å². The first-order chi connectivity index (χ1) is 5.64. The van der Waals surface area contributed by atoms with E-state index in [0.717, 1.165) is 0 Å². The van der Waals surface area contributed by atoms with Gasteiger partial charge in [0.15, 0.2) is 0 Å². The van der Waals surface area contributed by atoms with Crippen LogP contribution in [0.3, 0.4) is 0 Å². The molecule has 1 saturated carbocycles. The Morgan fingerprint density at radius 3 is 2.33 bits per heavy atom. The quantitative estimate of drug-likeness (QED) is 0.587. The molecule has 1 rings (SSSR count). The van der Waals surface area contributed by atoms with Gasteiger partial charge in [0.05, 0.1) is 11.7 Å². The molecule has 0 unspecified atom stereocenters. The van der Waals surface area contributed by atoms with Crippen molar-refractivity contribution in [2.75, 3.05) is 0 Å². The van der Waals surface area contributed by atoms with Crippen molar-refractivity contribution in [3.63, 3.8) is 0 Å². The largest absolute Gasteiger partial charge is 0.368 e. The van der Waals surface area contributed by atoms with Crippen molar-refractivity contribution in [2.24, 2.45) is 0 Å². The van der Waals surface area contributed by atoms with Crippen molar-refractivity contribution in [3.8, 4) is 0 Å². The summed E-state index contributed by atoms with van der Waals surface area (Å²) in [6, 6.07) is 0. The third-order valence-electron chi connectivity index (χ3n) is 2.51. The molecule has 1 fully saturated rings. The average molecular weight is 168 g/mol. The average Bonchev–Trinajstić information content (AvgIpc) is 2.06. The minimum Gasteiger partial charge on any atom is -0.368 e. The van der Waals surface area contributed by atoms with E-state index in [1.165, 1.54) is 32.1 Å². The van der Waals surface area contributed by atoms with Crippen LogP contribution in [-0.4, -0.2) is 11.7 Å². The third kappa shape index (κ3) is 2.98. The summed E-state index contributed by atoms with van der Waals surface area (Å²) in [7, 11) is 0. The van der Waals surface area contributed by atoms with E-state index in [0.29, 0.717) is 6.10 Å². The molecule has 1 nitrogen and oxygen atoms in total. The predicted molar refractivity (Wildman–Crippen MR) is 52.2 cm³/mol. The first-order valence-corrected chi connectivity index (χ1v) is 4.95. The second kappa shape index (κ2) is 4.08. The molecule has 0 radical (unpaired) electrons. The van der Waals surface area contributed by atoms with Crippen molar-refractivity contribution >= 4 is 0 Å². The Labute approximate surface area is 75.8 Å². The number of rotatable bonds is 3. The molecule has 0 aromatic rings. The Morgan fingerprint density at radius 1 is 1.25 bits per heavy atom. The first-order valence-electron chi connectivity index (χ1n) is 4.95. The Balaban J connectivity index is 2.33. The van der Waals surface area contributed by atoms with Crippen LogP contribution in [0.25, 0.3) is 0 Å². The maximum Gasteiger partial charge on any atom is 0.0807 e. The van der Waals surface area contributed by atoms with Gasteiger partial charge in [-0.25, -0.2) is 0 Å². The molecule has 0 amide bonds. The summed E-state index contributed by atoms with van der Waals surface area (Å²) in [5.41, 5.74) is -0.137. The minimum absolute atomic E-state index is 0.137. The second-order valence-corrected chi connectivity index (χ2v) is 4.19. The van der Waals surface area contributed by atoms with E-state index < -0.39 is 0 Å². The van der Waals surface area contributed by atoms with E-state index in [9.17, 15) is 0 Å². The van der Waals surface area contributed by atoms with Crippen LogP contribution in [-0.2, 0) is 4.74 Å². The molecule has 1 heteroatoms. The normalized spacial score (nSPS) is 20.8. The Morgan fingerprint density at radius 2 is 1.83 bits per heavy atom. The lowest BCUT2D eigenvalue weighted by Gasteiger charge is -2.30. The molecule has 0 aromatic heterocycles. The number of hydrogen-bond acceptors (Lipinski definition) is 1. The summed E-state index contributed by atoms with van der Waals surface area (Å²) in [4.78, 5) is 0. The molecule has 1 aliphatic carbocycles. The Bertz CT molecular complexity index is 143. The summed E-state index contributed by atoms with van der Waals surface area (Å²) in [6.07, 6.45) is 8.88. The van der Waals surface area contributed by atoms with E-state index in [4.69, 9.17) is 4.74 Å². The molecular weight excluding hydrogens is 148 g/mol. The summed E-state index contributed by atoms with van der Waals surface area (Å²) < 4.78 is 5.91. The van der Waals surface area contributed by atoms with E-state index in [-0.39, 0.29) is 5.60 Å². The van der Waals surface area contributed by atoms with E-state index in [2.05, 4.69) is 20.4 Å². The number of hydrogen-bond donors (Lipinski definition) is 0. The van der Waals surface area contributed by atoms with Crippen LogP contribution in [0.1, 0.15) is 46.0 Å². The van der Waals surface area contributed by atoms with Crippen LogP contribution in [0.2, 0.25) is 0 Å². The fraction of sp³-hybridized carbons (Fsp3) is 0.818. The molecule has 1 aliphatic rings. The molecule has 0 aliphatic heterocycles. The second-order valence-electron chi connectivity index (χ2n) is 4.19. The van der Waals surface area contributed by atoms with Crippen LogP contribution in [0.15, 0.2) is 12.7 Å². The zero-order chi connectivity index (χ0) is 9.03. The van der Waals surface area contributed by atoms with Gasteiger partial charge in [-0.3, -0.25) is 0 Å². The molecule has 70 valence electrons. The van der Waals surface area contributed by atoms with Crippen LogP contribution < -0.4 is 0 Å². The molecule has 0 spiro atoms. The standard InChI is InChI=1S/C11H20O/c1-4-11(2,3)12-10-8-6-5-7-9-10/h4,10H,1,5-9H2,2-3H3. The molecular formula is C11H20O. The van der Waals surface area contributed by atoms with Crippen molar-refractivity contribution in [1.82, 2.24) is 0 Å². The lowest BCUT2D eigenvalue weighted by atomic mass is 9.97. The fourth-order valence-electron chi connectivity index (χ4n) is 1.66. The molecule has 0 N–H and O–H groups in total. The van der Waals surface area contributed by atoms with E-state index in [1.807, 2.05) is 6.08 Å². The van der Waals surface area contributed by atoms with Gasteiger partial charge in [-0.1, -0.05) is 25.3 Å². The highest BCUT2D eigenvalue weighted by atomic mass is 16.5. The van der Waals surface area contributed by atoms with Crippen molar-refractivity contribution < 1.29 is 4.74 Å². The monoisotopic (exact) mass is 168 g/mol. The maximum atomic E-state index is 5.91. The van der Waals surface area contributed by atoms with Gasteiger partial charge in [0.25, 0.3) is 0 Å². The summed E-state index contributed by atoms with van der Waals surface area (Å²) in [5.74, 6) is 0. The van der Waals surface area contributed by atoms with Crippen molar-refractivity contribution in [3.05, 3.63) is 12.7 Å². The topological polar surface area (TPSA) is 9.23 Å². The van der Waals surface area contributed by atoms with E-state index in [1.54, 1.807) is 0 Å². The van der Waals surface area contributed by atoms with Gasteiger partial charge >= 0.3 is 0 Å². The van der Waals surface area contributed by atoms with Crippen LogP contribution >= 0.6 is 0 Å². The highest BCUT2D eigenvalue weighted by molar-refractivity contribution is 4.90. The highest BCUT2D eigenvalue weighted by Gasteiger charge is 2.21. The maximum absolute atomic E-state index is 5.91. The predicted octanol–water partition coefficient (Wildman–Crippen LogP) is 3.30. The molecule has 0 heterocycles. The third-order valence-corrected chi connectivity index (χ3v) is 2.51. The Kier molecular flexibility index (Phi) is 3.33. The Hall–Kier alpha value is -0.300. The van der Waals surface area contributed by atoms with Crippen LogP contribution in [0.5, 0.6) is 0 Å². The zero-order valence-electron chi connectivity index (χ0n) is 8.31. The summed E-state index contributed by atoms with van der Waals surface area (Å²) in [5, 5.41) is 0. The van der Waals surface area contributed by atoms with Crippen LogP contribution in [0, 0.1) is 0 Å². The summed E-state index contributed by atoms with van der Waals surface area (Å²) in [6.45, 7) is 7.93. The van der Waals surface area contributed by atoms with E-state index >= 15 is 0 Å². The molecule has 0 bridgehead atoms. The molecule has 12 heavy (non-hydrogen) atoms. The summed E-state index contributed by atoms with van der Waals surface area (Å²) >= 11 is 0. The zero-order valence-corrected chi connectivity index (χ0v) is 8.31. The van der Waals surface area contributed by atoms with Gasteiger partial charge in [-0.15, -0.1) is 6.58 Å². The van der Waals surface area contributed by atoms with Crippen molar-refractivity contribution in [1.29, 1.82) is 0 Å². The smallest absolute Gasteiger partial charge is 0.0807 e. The van der Waals surface area contributed by atoms with Gasteiger partial charge in [0.2, 0.25) is 0 Å². The lowest BCUT2D eigenvalue weighted by Crippen LogP contribution is -2.29. The molecule has 0 aromatic carbocycles. The van der Waals surface area contributed by atoms with Gasteiger partial charge in [-0.2, -0.15) is 0 Å². The molecule has 0 saturated heterocycles.